The lowest BCUT2D eigenvalue weighted by atomic mass is 9.94. The zero-order valence-corrected chi connectivity index (χ0v) is 13.5. The van der Waals surface area contributed by atoms with Crippen molar-refractivity contribution in [2.75, 3.05) is 5.32 Å². The predicted molar refractivity (Wildman–Crippen MR) is 86.4 cm³/mol. The summed E-state index contributed by atoms with van der Waals surface area (Å²) in [5.41, 5.74) is 3.27. The maximum Gasteiger partial charge on any atom is 0.128 e. The van der Waals surface area contributed by atoms with E-state index >= 15 is 0 Å². The fourth-order valence-corrected chi connectivity index (χ4v) is 3.07. The molecule has 1 aliphatic heterocycles. The van der Waals surface area contributed by atoms with Crippen LogP contribution in [0.1, 0.15) is 31.0 Å². The van der Waals surface area contributed by atoms with Crippen LogP contribution in [0.2, 0.25) is 0 Å². The number of hydrogen-bond donors (Lipinski definition) is 1. The molecule has 0 radical (unpaired) electrons. The van der Waals surface area contributed by atoms with Gasteiger partial charge in [0.1, 0.15) is 11.4 Å². The van der Waals surface area contributed by atoms with Crippen LogP contribution in [-0.2, 0) is 0 Å². The predicted octanol–water partition coefficient (Wildman–Crippen LogP) is 5.08. The SMILES string of the molecule is Cc1cccc(NC2c3ccccc3OC2(C)C)c1Br. The quantitative estimate of drug-likeness (QED) is 0.828. The molecule has 0 aliphatic carbocycles. The summed E-state index contributed by atoms with van der Waals surface area (Å²) < 4.78 is 7.18. The molecular weight excluding hydrogens is 314 g/mol. The van der Waals surface area contributed by atoms with Crippen LogP contribution in [0.15, 0.2) is 46.9 Å². The number of fused-ring (bicyclic) bond motifs is 1. The number of benzene rings is 2. The highest BCUT2D eigenvalue weighted by atomic mass is 79.9. The van der Waals surface area contributed by atoms with Crippen LogP contribution in [-0.4, -0.2) is 5.60 Å². The van der Waals surface area contributed by atoms with E-state index < -0.39 is 0 Å². The Morgan fingerprint density at radius 1 is 1.10 bits per heavy atom. The van der Waals surface area contributed by atoms with Crippen molar-refractivity contribution in [2.24, 2.45) is 0 Å². The highest BCUT2D eigenvalue weighted by Gasteiger charge is 2.41. The third-order valence-electron chi connectivity index (χ3n) is 3.79. The lowest BCUT2D eigenvalue weighted by molar-refractivity contribution is 0.118. The Morgan fingerprint density at radius 3 is 2.65 bits per heavy atom. The van der Waals surface area contributed by atoms with E-state index in [1.807, 2.05) is 12.1 Å². The summed E-state index contributed by atoms with van der Waals surface area (Å²) in [5.74, 6) is 0.971. The zero-order valence-electron chi connectivity index (χ0n) is 11.9. The Hall–Kier alpha value is -1.48. The van der Waals surface area contributed by atoms with Crippen molar-refractivity contribution < 1.29 is 4.74 Å². The molecule has 0 fully saturated rings. The number of aryl methyl sites for hydroxylation is 1. The molecular formula is C17H18BrNO. The van der Waals surface area contributed by atoms with Gasteiger partial charge >= 0.3 is 0 Å². The zero-order chi connectivity index (χ0) is 14.3. The van der Waals surface area contributed by atoms with Gasteiger partial charge in [0.2, 0.25) is 0 Å². The lowest BCUT2D eigenvalue weighted by Gasteiger charge is -2.28. The molecule has 1 aliphatic rings. The van der Waals surface area contributed by atoms with Gasteiger partial charge in [0.05, 0.1) is 6.04 Å². The minimum atomic E-state index is -0.271. The number of para-hydroxylation sites is 1. The number of ether oxygens (including phenoxy) is 1. The topological polar surface area (TPSA) is 21.3 Å². The van der Waals surface area contributed by atoms with Crippen LogP contribution >= 0.6 is 15.9 Å². The van der Waals surface area contributed by atoms with Gasteiger partial charge in [-0.05, 0) is 54.4 Å². The van der Waals surface area contributed by atoms with Crippen molar-refractivity contribution in [1.82, 2.24) is 0 Å². The smallest absolute Gasteiger partial charge is 0.128 e. The van der Waals surface area contributed by atoms with Gasteiger partial charge in [-0.15, -0.1) is 0 Å². The van der Waals surface area contributed by atoms with E-state index in [2.05, 4.69) is 72.3 Å². The van der Waals surface area contributed by atoms with Gasteiger partial charge in [-0.2, -0.15) is 0 Å². The van der Waals surface area contributed by atoms with Gasteiger partial charge in [-0.25, -0.2) is 0 Å². The molecule has 1 heterocycles. The largest absolute Gasteiger partial charge is 0.485 e. The van der Waals surface area contributed by atoms with E-state index in [1.165, 1.54) is 11.1 Å². The number of hydrogen-bond acceptors (Lipinski definition) is 2. The Labute approximate surface area is 128 Å². The standard InChI is InChI=1S/C17H18BrNO/c1-11-7-6-9-13(15(11)18)19-16-12-8-4-5-10-14(12)20-17(16,2)3/h4-10,16,19H,1-3H3. The lowest BCUT2D eigenvalue weighted by Crippen LogP contribution is -2.34. The first-order valence-corrected chi connectivity index (χ1v) is 7.58. The summed E-state index contributed by atoms with van der Waals surface area (Å²) in [6.45, 7) is 6.34. The molecule has 1 N–H and O–H groups in total. The highest BCUT2D eigenvalue weighted by Crippen LogP contribution is 2.45. The first-order chi connectivity index (χ1) is 9.49. The second-order valence-electron chi connectivity index (χ2n) is 5.76. The van der Waals surface area contributed by atoms with Crippen LogP contribution in [0.25, 0.3) is 0 Å². The van der Waals surface area contributed by atoms with Gasteiger partial charge in [0, 0.05) is 15.7 Å². The molecule has 2 aromatic carbocycles. The molecule has 20 heavy (non-hydrogen) atoms. The molecule has 0 amide bonds. The van der Waals surface area contributed by atoms with Crippen molar-refractivity contribution in [3.05, 3.63) is 58.1 Å². The average molecular weight is 332 g/mol. The minimum Gasteiger partial charge on any atom is -0.485 e. The number of anilines is 1. The van der Waals surface area contributed by atoms with E-state index in [9.17, 15) is 0 Å². The second kappa shape index (κ2) is 4.81. The first-order valence-electron chi connectivity index (χ1n) is 6.78. The van der Waals surface area contributed by atoms with Crippen LogP contribution in [0.4, 0.5) is 5.69 Å². The summed E-state index contributed by atoms with van der Waals surface area (Å²) in [7, 11) is 0. The maximum atomic E-state index is 6.07. The fraction of sp³-hybridized carbons (Fsp3) is 0.294. The summed E-state index contributed by atoms with van der Waals surface area (Å²) in [6, 6.07) is 14.6. The number of halogens is 1. The van der Waals surface area contributed by atoms with Crippen LogP contribution in [0.5, 0.6) is 5.75 Å². The van der Waals surface area contributed by atoms with E-state index in [4.69, 9.17) is 4.74 Å². The summed E-state index contributed by atoms with van der Waals surface area (Å²) >= 11 is 3.66. The Bertz CT molecular complexity index is 651. The van der Waals surface area contributed by atoms with E-state index in [0.717, 1.165) is 15.9 Å². The van der Waals surface area contributed by atoms with E-state index in [1.54, 1.807) is 0 Å². The van der Waals surface area contributed by atoms with Crippen LogP contribution < -0.4 is 10.1 Å². The van der Waals surface area contributed by atoms with Gasteiger partial charge in [-0.3, -0.25) is 0 Å². The van der Waals surface area contributed by atoms with E-state index in [-0.39, 0.29) is 11.6 Å². The van der Waals surface area contributed by atoms with Crippen LogP contribution in [0, 0.1) is 6.92 Å². The van der Waals surface area contributed by atoms with Gasteiger partial charge in [-0.1, -0.05) is 30.3 Å². The van der Waals surface area contributed by atoms with E-state index in [0.29, 0.717) is 0 Å². The minimum absolute atomic E-state index is 0.136. The van der Waals surface area contributed by atoms with Crippen molar-refractivity contribution >= 4 is 21.6 Å². The second-order valence-corrected chi connectivity index (χ2v) is 6.55. The Balaban J connectivity index is 1.99. The molecule has 1 atom stereocenters. The van der Waals surface area contributed by atoms with Crippen molar-refractivity contribution in [2.45, 2.75) is 32.4 Å². The van der Waals surface area contributed by atoms with Gasteiger partial charge in [0.25, 0.3) is 0 Å². The molecule has 1 unspecified atom stereocenters. The first kappa shape index (κ1) is 13.5. The molecule has 3 heteroatoms. The maximum absolute atomic E-state index is 6.07. The normalized spacial score (nSPS) is 19.3. The number of rotatable bonds is 2. The summed E-state index contributed by atoms with van der Waals surface area (Å²) in [4.78, 5) is 0. The molecule has 0 saturated carbocycles. The molecule has 2 nitrogen and oxygen atoms in total. The van der Waals surface area contributed by atoms with Crippen LogP contribution in [0.3, 0.4) is 0 Å². The fourth-order valence-electron chi connectivity index (χ4n) is 2.69. The molecule has 3 rings (SSSR count). The molecule has 0 saturated heterocycles. The molecule has 0 spiro atoms. The third-order valence-corrected chi connectivity index (χ3v) is 4.84. The molecule has 104 valence electrons. The third kappa shape index (κ3) is 2.20. The Kier molecular flexibility index (Phi) is 3.25. The summed E-state index contributed by atoms with van der Waals surface area (Å²) in [6.07, 6.45) is 0. The highest BCUT2D eigenvalue weighted by molar-refractivity contribution is 9.10. The molecule has 0 aromatic heterocycles. The van der Waals surface area contributed by atoms with Crippen molar-refractivity contribution in [3.8, 4) is 5.75 Å². The van der Waals surface area contributed by atoms with Crippen molar-refractivity contribution in [3.63, 3.8) is 0 Å². The van der Waals surface area contributed by atoms with Crippen molar-refractivity contribution in [1.29, 1.82) is 0 Å². The summed E-state index contributed by atoms with van der Waals surface area (Å²) in [5, 5.41) is 3.62. The molecule has 0 bridgehead atoms. The monoisotopic (exact) mass is 331 g/mol. The van der Waals surface area contributed by atoms with Gasteiger partial charge < -0.3 is 10.1 Å². The van der Waals surface area contributed by atoms with Gasteiger partial charge in [0.15, 0.2) is 0 Å². The average Bonchev–Trinajstić information content (AvgIpc) is 2.66. The Morgan fingerprint density at radius 2 is 1.85 bits per heavy atom. The molecule has 2 aromatic rings. The number of nitrogens with one attached hydrogen (secondary N) is 1.